The molecule has 1 radical (unpaired) electrons. The summed E-state index contributed by atoms with van der Waals surface area (Å²) < 4.78 is 11.6. The molecule has 0 fully saturated rings. The molecular formula is C104H74BBr4N2O2. The topological polar surface area (TPSA) is 59.9 Å². The maximum atomic E-state index is 8.76. The van der Waals surface area contributed by atoms with Crippen molar-refractivity contribution in [1.82, 2.24) is 4.40 Å². The van der Waals surface area contributed by atoms with Gasteiger partial charge < -0.3 is 19.8 Å². The van der Waals surface area contributed by atoms with Gasteiger partial charge in [0, 0.05) is 51.8 Å². The summed E-state index contributed by atoms with van der Waals surface area (Å²) in [6.45, 7) is 13.8. The lowest BCUT2D eigenvalue weighted by molar-refractivity contribution is 0.452. The zero-order valence-corrected chi connectivity index (χ0v) is 69.4. The van der Waals surface area contributed by atoms with Gasteiger partial charge in [-0.1, -0.05) is 314 Å². The van der Waals surface area contributed by atoms with Crippen LogP contribution in [-0.4, -0.2) is 17.1 Å². The number of nitrogens with two attached hydrogens (primary N) is 1. The first-order valence-corrected chi connectivity index (χ1v) is 41.3. The van der Waals surface area contributed by atoms with Crippen molar-refractivity contribution in [3.05, 3.63) is 351 Å². The van der Waals surface area contributed by atoms with Crippen molar-refractivity contribution in [2.75, 3.05) is 5.73 Å². The van der Waals surface area contributed by atoms with Crippen LogP contribution in [0.15, 0.2) is 339 Å². The minimum Gasteiger partial charge on any atom is -0.537 e. The first kappa shape index (κ1) is 72.1. The van der Waals surface area contributed by atoms with Crippen LogP contribution < -0.4 is 10.4 Å². The molecule has 22 rings (SSSR count). The molecule has 0 saturated heterocycles. The third-order valence-electron chi connectivity index (χ3n) is 23.0. The van der Waals surface area contributed by atoms with Gasteiger partial charge in [-0.25, -0.2) is 0 Å². The summed E-state index contributed by atoms with van der Waals surface area (Å²) in [5.41, 5.74) is 18.8. The van der Waals surface area contributed by atoms with E-state index in [2.05, 4.69) is 407 Å². The Morgan fingerprint density at radius 1 is 0.274 bits per heavy atom. The largest absolute Gasteiger partial charge is 0.569 e. The number of aromatic nitrogens is 1. The fourth-order valence-corrected chi connectivity index (χ4v) is 19.1. The first-order valence-electron chi connectivity index (χ1n) is 38.2. The summed E-state index contributed by atoms with van der Waals surface area (Å²) in [7, 11) is 0.692. The lowest BCUT2D eigenvalue weighted by atomic mass is 9.82. The van der Waals surface area contributed by atoms with E-state index in [1.807, 2.05) is 24.3 Å². The van der Waals surface area contributed by atoms with Gasteiger partial charge in [-0.05, 0) is 275 Å². The molecule has 2 aromatic heterocycles. The number of hydrogen-bond acceptors (Lipinski definition) is 3. The van der Waals surface area contributed by atoms with Gasteiger partial charge in [0.1, 0.15) is 5.75 Å². The molecule has 543 valence electrons. The van der Waals surface area contributed by atoms with Gasteiger partial charge in [0.25, 0.3) is 0 Å². The van der Waals surface area contributed by atoms with Crippen molar-refractivity contribution in [2.24, 2.45) is 0 Å². The molecule has 20 aromatic carbocycles. The SMILES string of the molecule is Brc1ccc2c(ccc3ccccc32)c1.CC(C)(C)c1cc(-c2cc3c(ccc4ccccc43)cc2Br)c(N)c(-c2cc3c(ccc4ccccc43)cc2Br)c1.CC(C)(C)c1cc2c3cc4c(ccc5ccccc54)cc3n3c4cc5ccc6ccccc6c5cc4c(c1)c23.O[B]Oc1cc2c(ccc3ccccc32)cc1Br. The van der Waals surface area contributed by atoms with E-state index in [1.165, 1.54) is 168 Å². The van der Waals surface area contributed by atoms with Crippen LogP contribution in [0.3, 0.4) is 0 Å². The lowest BCUT2D eigenvalue weighted by Gasteiger charge is -2.24. The minimum atomic E-state index is -0.0662. The lowest BCUT2D eigenvalue weighted by Crippen LogP contribution is -2.12. The highest BCUT2D eigenvalue weighted by molar-refractivity contribution is 9.11. The normalized spacial score (nSPS) is 12.1. The van der Waals surface area contributed by atoms with Crippen molar-refractivity contribution in [2.45, 2.75) is 52.4 Å². The first-order chi connectivity index (χ1) is 54.8. The highest BCUT2D eigenvalue weighted by Crippen LogP contribution is 2.49. The molecule has 9 heteroatoms. The maximum absolute atomic E-state index is 8.76. The van der Waals surface area contributed by atoms with Gasteiger partial charge in [-0.3, -0.25) is 0 Å². The molecule has 0 bridgehead atoms. The Hall–Kier alpha value is -11.1. The Labute approximate surface area is 689 Å². The maximum Gasteiger partial charge on any atom is 0.569 e. The number of hydrogen-bond donors (Lipinski definition) is 2. The van der Waals surface area contributed by atoms with Gasteiger partial charge in [-0.15, -0.1) is 0 Å². The molecule has 0 aliphatic heterocycles. The molecule has 0 amide bonds. The molecule has 22 aromatic rings. The van der Waals surface area contributed by atoms with E-state index in [4.69, 9.17) is 15.4 Å². The number of anilines is 1. The van der Waals surface area contributed by atoms with Crippen LogP contribution >= 0.6 is 63.7 Å². The quantitative estimate of drug-likeness (QED) is 0.105. The summed E-state index contributed by atoms with van der Waals surface area (Å²) in [6.07, 6.45) is 0. The molecule has 113 heavy (non-hydrogen) atoms. The minimum absolute atomic E-state index is 0.0506. The van der Waals surface area contributed by atoms with Crippen molar-refractivity contribution >= 4 is 244 Å². The fourth-order valence-electron chi connectivity index (χ4n) is 17.1. The van der Waals surface area contributed by atoms with Gasteiger partial charge in [0.2, 0.25) is 0 Å². The number of benzene rings is 20. The molecule has 0 aliphatic carbocycles. The summed E-state index contributed by atoms with van der Waals surface area (Å²) >= 11 is 14.8. The van der Waals surface area contributed by atoms with E-state index in [1.54, 1.807) is 0 Å². The van der Waals surface area contributed by atoms with Crippen LogP contribution in [0, 0.1) is 0 Å². The Morgan fingerprint density at radius 2 is 0.575 bits per heavy atom. The van der Waals surface area contributed by atoms with Gasteiger partial charge in [0.05, 0.1) is 21.0 Å². The summed E-state index contributed by atoms with van der Waals surface area (Å²) in [5, 5.41) is 44.2. The Bertz CT molecular complexity index is 7380. The smallest absolute Gasteiger partial charge is 0.537 e. The highest BCUT2D eigenvalue weighted by atomic mass is 79.9. The van der Waals surface area contributed by atoms with E-state index in [0.717, 1.165) is 56.6 Å². The van der Waals surface area contributed by atoms with Gasteiger partial charge in [-0.2, -0.15) is 0 Å². The van der Waals surface area contributed by atoms with Crippen LogP contribution in [0.5, 0.6) is 5.75 Å². The number of nitrogens with zero attached hydrogens (tertiary/aromatic N) is 1. The van der Waals surface area contributed by atoms with Gasteiger partial charge in [0.15, 0.2) is 0 Å². The number of rotatable bonds is 4. The molecule has 4 nitrogen and oxygen atoms in total. The summed E-state index contributed by atoms with van der Waals surface area (Å²) in [5.74, 6) is 0.598. The van der Waals surface area contributed by atoms with Gasteiger partial charge >= 0.3 is 7.69 Å². The van der Waals surface area contributed by atoms with Crippen molar-refractivity contribution in [1.29, 1.82) is 0 Å². The third-order valence-corrected chi connectivity index (χ3v) is 25.4. The van der Waals surface area contributed by atoms with Crippen LogP contribution in [0.25, 0.3) is 190 Å². The molecular weight excluding hydrogens is 1640 g/mol. The predicted molar refractivity (Wildman–Crippen MR) is 503 cm³/mol. The molecule has 3 N–H and O–H groups in total. The Morgan fingerprint density at radius 3 is 0.947 bits per heavy atom. The van der Waals surface area contributed by atoms with Crippen LogP contribution in [0.1, 0.15) is 52.7 Å². The van der Waals surface area contributed by atoms with E-state index in [9.17, 15) is 0 Å². The zero-order chi connectivity index (χ0) is 77.3. The van der Waals surface area contributed by atoms with E-state index >= 15 is 0 Å². The average Bonchev–Trinajstić information content (AvgIpc) is 1.53. The van der Waals surface area contributed by atoms with Crippen molar-refractivity contribution < 1.29 is 9.68 Å². The Kier molecular flexibility index (Phi) is 18.2. The summed E-state index contributed by atoms with van der Waals surface area (Å²) in [4.78, 5) is 0. The van der Waals surface area contributed by atoms with Crippen molar-refractivity contribution in [3.63, 3.8) is 0 Å². The van der Waals surface area contributed by atoms with Crippen molar-refractivity contribution in [3.8, 4) is 28.0 Å². The molecule has 0 unspecified atom stereocenters. The van der Waals surface area contributed by atoms with Crippen LogP contribution in [0.2, 0.25) is 0 Å². The molecule has 0 atom stereocenters. The molecule has 0 spiro atoms. The number of halogens is 4. The Balaban J connectivity index is 0.000000110. The molecule has 2 heterocycles. The second kappa shape index (κ2) is 28.5. The zero-order valence-electron chi connectivity index (χ0n) is 63.1. The number of fused-ring (bicyclic) bond motifs is 24. The predicted octanol–water partition coefficient (Wildman–Crippen LogP) is 31.2. The molecule has 0 saturated carbocycles. The molecule has 0 aliphatic rings. The highest BCUT2D eigenvalue weighted by Gasteiger charge is 2.26. The van der Waals surface area contributed by atoms with E-state index in [0.29, 0.717) is 13.4 Å². The second-order valence-corrected chi connectivity index (χ2v) is 35.3. The third kappa shape index (κ3) is 12.9. The number of nitrogen functional groups attached to an aromatic ring is 1. The fraction of sp³-hybridized carbons (Fsp3) is 0.0769. The van der Waals surface area contributed by atoms with Crippen LogP contribution in [-0.2, 0) is 10.8 Å². The monoisotopic (exact) mass is 1710 g/mol. The standard InChI is InChI=1S/C38H29Br2N.C38H27N.C14H9BBrO2.C14H9Br/c1-38(2,3)26-18-33(31-20-29-24(16-35(31)39)14-12-22-8-4-6-10-27(22)29)37(41)34(19-26)32-21-30-25(17-36(32)40)15-13-23-9-5-7-11-28(23)30;1-38(2,3)26-18-33-31-20-29-24(14-12-22-8-4-6-10-27(22)29)16-35(31)39-36-17-25-15-13-23-9-5-7-11-28(23)30(25)21-32(36)34(19-26)37(33)39;16-13-7-10-6-5-9-3-1-2-4-11(9)12(10)8-14(13)18-15-17;15-12-7-8-14-11(9-12)6-5-10-3-1-2-4-13(10)14/h4-21H,41H2,1-3H3;4-21H,1-3H3;1-8,17H;1-9H. The van der Waals surface area contributed by atoms with E-state index < -0.39 is 0 Å². The summed E-state index contributed by atoms with van der Waals surface area (Å²) in [6, 6.07) is 116. The second-order valence-electron chi connectivity index (χ2n) is 31.8. The van der Waals surface area contributed by atoms with E-state index in [-0.39, 0.29) is 10.8 Å². The average molecular weight is 1710 g/mol. The van der Waals surface area contributed by atoms with Crippen LogP contribution in [0.4, 0.5) is 5.69 Å².